The molecule has 1 unspecified atom stereocenters. The molecule has 0 amide bonds. The van der Waals surface area contributed by atoms with Crippen LogP contribution in [0.2, 0.25) is 0 Å². The van der Waals surface area contributed by atoms with Gasteiger partial charge in [-0.25, -0.2) is 0 Å². The molecule has 1 aromatic heterocycles. The van der Waals surface area contributed by atoms with E-state index in [2.05, 4.69) is 49.9 Å². The number of rotatable bonds is 2. The first-order valence-electron chi connectivity index (χ1n) is 6.03. The topological polar surface area (TPSA) is 26.2 Å². The van der Waals surface area contributed by atoms with Crippen LogP contribution in [0.25, 0.3) is 0 Å². The van der Waals surface area contributed by atoms with Crippen molar-refractivity contribution < 1.29 is 4.74 Å². The maximum Gasteiger partial charge on any atom is 0.0646 e. The summed E-state index contributed by atoms with van der Waals surface area (Å²) in [6.45, 7) is 9.44. The molecule has 1 saturated heterocycles. The van der Waals surface area contributed by atoms with Gasteiger partial charge in [-0.05, 0) is 52.7 Å². The van der Waals surface area contributed by atoms with Crippen molar-refractivity contribution in [1.82, 2.24) is 4.68 Å². The van der Waals surface area contributed by atoms with Crippen LogP contribution in [-0.2, 0) is 4.74 Å². The lowest BCUT2D eigenvalue weighted by molar-refractivity contribution is -0.0567. The summed E-state index contributed by atoms with van der Waals surface area (Å²) in [5, 5.41) is 0. The molecule has 0 saturated carbocycles. The third-order valence-electron chi connectivity index (χ3n) is 3.28. The summed E-state index contributed by atoms with van der Waals surface area (Å²) in [5.41, 5.74) is 6.13. The summed E-state index contributed by atoms with van der Waals surface area (Å²) in [6, 6.07) is 4.80. The average Bonchev–Trinajstić information content (AvgIpc) is 2.48. The summed E-state index contributed by atoms with van der Waals surface area (Å²) in [7, 11) is 0. The van der Waals surface area contributed by atoms with Gasteiger partial charge in [-0.2, -0.15) is 0 Å². The van der Waals surface area contributed by atoms with Crippen LogP contribution in [0.15, 0.2) is 12.1 Å². The maximum atomic E-state index is 5.73. The van der Waals surface area contributed by atoms with E-state index in [1.165, 1.54) is 11.4 Å². The van der Waals surface area contributed by atoms with Gasteiger partial charge in [0.05, 0.1) is 5.60 Å². The van der Waals surface area contributed by atoms with Crippen LogP contribution in [0.3, 0.4) is 0 Å². The van der Waals surface area contributed by atoms with Crippen LogP contribution in [0.1, 0.15) is 38.1 Å². The summed E-state index contributed by atoms with van der Waals surface area (Å²) in [6.07, 6.45) is 2.14. The van der Waals surface area contributed by atoms with Crippen LogP contribution in [-0.4, -0.2) is 22.9 Å². The summed E-state index contributed by atoms with van der Waals surface area (Å²) < 4.78 is 7.91. The first-order chi connectivity index (χ1) is 7.48. The predicted molar refractivity (Wildman–Crippen MR) is 66.3 cm³/mol. The molecule has 90 valence electrons. The number of hydrogen-bond donors (Lipinski definition) is 1. The molecule has 0 spiro atoms. The van der Waals surface area contributed by atoms with E-state index >= 15 is 0 Å². The number of aryl methyl sites for hydroxylation is 2. The van der Waals surface area contributed by atoms with Gasteiger partial charge in [0.15, 0.2) is 0 Å². The highest BCUT2D eigenvalue weighted by Gasteiger charge is 2.29. The Morgan fingerprint density at radius 1 is 1.31 bits per heavy atom. The van der Waals surface area contributed by atoms with Crippen molar-refractivity contribution >= 4 is 0 Å². The van der Waals surface area contributed by atoms with Crippen molar-refractivity contribution in [2.24, 2.45) is 0 Å². The SMILES string of the molecule is Cc1ccc(C)n1NC1CCOC(C)(C)C1. The largest absolute Gasteiger partial charge is 0.375 e. The van der Waals surface area contributed by atoms with E-state index in [1.807, 2.05) is 0 Å². The van der Waals surface area contributed by atoms with E-state index in [-0.39, 0.29) is 5.60 Å². The molecule has 2 rings (SSSR count). The van der Waals surface area contributed by atoms with Crippen molar-refractivity contribution in [1.29, 1.82) is 0 Å². The number of nitrogens with zero attached hydrogens (tertiary/aromatic N) is 1. The normalized spacial score (nSPS) is 24.4. The quantitative estimate of drug-likeness (QED) is 0.832. The zero-order valence-corrected chi connectivity index (χ0v) is 10.7. The lowest BCUT2D eigenvalue weighted by atomic mass is 9.94. The first-order valence-corrected chi connectivity index (χ1v) is 6.03. The smallest absolute Gasteiger partial charge is 0.0646 e. The zero-order valence-electron chi connectivity index (χ0n) is 10.7. The molecule has 2 heterocycles. The van der Waals surface area contributed by atoms with Crippen molar-refractivity contribution in [2.45, 2.75) is 52.2 Å². The predicted octanol–water partition coefficient (Wildman–Crippen LogP) is 2.61. The maximum absolute atomic E-state index is 5.73. The van der Waals surface area contributed by atoms with Gasteiger partial charge >= 0.3 is 0 Å². The molecule has 1 aliphatic rings. The second-order valence-electron chi connectivity index (χ2n) is 5.38. The highest BCUT2D eigenvalue weighted by molar-refractivity contribution is 5.16. The van der Waals surface area contributed by atoms with Gasteiger partial charge in [-0.3, -0.25) is 4.68 Å². The van der Waals surface area contributed by atoms with Crippen molar-refractivity contribution in [3.63, 3.8) is 0 Å². The fourth-order valence-corrected chi connectivity index (χ4v) is 2.40. The molecule has 0 bridgehead atoms. The Morgan fingerprint density at radius 2 is 1.94 bits per heavy atom. The third kappa shape index (κ3) is 2.40. The van der Waals surface area contributed by atoms with Crippen molar-refractivity contribution in [2.75, 3.05) is 12.0 Å². The Balaban J connectivity index is 2.05. The molecular weight excluding hydrogens is 200 g/mol. The van der Waals surface area contributed by atoms with Crippen LogP contribution in [0.4, 0.5) is 0 Å². The lowest BCUT2D eigenvalue weighted by Crippen LogP contribution is -2.43. The molecule has 16 heavy (non-hydrogen) atoms. The zero-order chi connectivity index (χ0) is 11.8. The van der Waals surface area contributed by atoms with Gasteiger partial charge < -0.3 is 10.2 Å². The lowest BCUT2D eigenvalue weighted by Gasteiger charge is -2.36. The van der Waals surface area contributed by atoms with Gasteiger partial charge in [-0.1, -0.05) is 0 Å². The minimum Gasteiger partial charge on any atom is -0.375 e. The fourth-order valence-electron chi connectivity index (χ4n) is 2.40. The second-order valence-corrected chi connectivity index (χ2v) is 5.38. The van der Waals surface area contributed by atoms with Gasteiger partial charge in [0, 0.05) is 24.0 Å². The fraction of sp³-hybridized carbons (Fsp3) is 0.692. The second kappa shape index (κ2) is 4.13. The van der Waals surface area contributed by atoms with Gasteiger partial charge in [-0.15, -0.1) is 0 Å². The Kier molecular flexibility index (Phi) is 2.98. The molecule has 1 aromatic rings. The van der Waals surface area contributed by atoms with Crippen LogP contribution >= 0.6 is 0 Å². The van der Waals surface area contributed by atoms with E-state index in [1.54, 1.807) is 0 Å². The number of ether oxygens (including phenoxy) is 1. The Labute approximate surface area is 97.8 Å². The van der Waals surface area contributed by atoms with E-state index in [0.717, 1.165) is 19.4 Å². The third-order valence-corrected chi connectivity index (χ3v) is 3.28. The van der Waals surface area contributed by atoms with Gasteiger partial charge in [0.25, 0.3) is 0 Å². The molecule has 1 aliphatic heterocycles. The number of aromatic nitrogens is 1. The molecule has 1 N–H and O–H groups in total. The molecule has 0 aromatic carbocycles. The first kappa shape index (κ1) is 11.5. The number of nitrogens with one attached hydrogen (secondary N) is 1. The Morgan fingerprint density at radius 3 is 2.50 bits per heavy atom. The summed E-state index contributed by atoms with van der Waals surface area (Å²) in [5.74, 6) is 0. The van der Waals surface area contributed by atoms with E-state index in [4.69, 9.17) is 4.74 Å². The average molecular weight is 222 g/mol. The van der Waals surface area contributed by atoms with E-state index < -0.39 is 0 Å². The van der Waals surface area contributed by atoms with E-state index in [9.17, 15) is 0 Å². The monoisotopic (exact) mass is 222 g/mol. The summed E-state index contributed by atoms with van der Waals surface area (Å²) >= 11 is 0. The number of hydrogen-bond acceptors (Lipinski definition) is 2. The standard InChI is InChI=1S/C13H22N2O/c1-10-5-6-11(2)15(10)14-12-7-8-16-13(3,4)9-12/h5-6,12,14H,7-9H2,1-4H3. The molecule has 3 nitrogen and oxygen atoms in total. The summed E-state index contributed by atoms with van der Waals surface area (Å²) in [4.78, 5) is 0. The molecule has 3 heteroatoms. The van der Waals surface area contributed by atoms with Gasteiger partial charge in [0.2, 0.25) is 0 Å². The molecule has 0 radical (unpaired) electrons. The van der Waals surface area contributed by atoms with Crippen molar-refractivity contribution in [3.8, 4) is 0 Å². The van der Waals surface area contributed by atoms with E-state index in [0.29, 0.717) is 6.04 Å². The van der Waals surface area contributed by atoms with Crippen LogP contribution < -0.4 is 5.43 Å². The Hall–Kier alpha value is -0.960. The van der Waals surface area contributed by atoms with Crippen LogP contribution in [0.5, 0.6) is 0 Å². The van der Waals surface area contributed by atoms with Crippen molar-refractivity contribution in [3.05, 3.63) is 23.5 Å². The Bertz CT molecular complexity index is 349. The molecule has 1 atom stereocenters. The highest BCUT2D eigenvalue weighted by atomic mass is 16.5. The van der Waals surface area contributed by atoms with Gasteiger partial charge in [0.1, 0.15) is 0 Å². The molecular formula is C13H22N2O. The molecule has 0 aliphatic carbocycles. The molecule has 1 fully saturated rings. The minimum absolute atomic E-state index is 0.00484. The highest BCUT2D eigenvalue weighted by Crippen LogP contribution is 2.24. The minimum atomic E-state index is 0.00484. The van der Waals surface area contributed by atoms with Crippen LogP contribution in [0, 0.1) is 13.8 Å².